The van der Waals surface area contributed by atoms with Gasteiger partial charge in [0, 0.05) is 24.5 Å². The third-order valence-corrected chi connectivity index (χ3v) is 6.95. The minimum atomic E-state index is -1.12. The van der Waals surface area contributed by atoms with Gasteiger partial charge in [0.2, 0.25) is 5.95 Å². The van der Waals surface area contributed by atoms with Crippen LogP contribution in [0.3, 0.4) is 0 Å². The van der Waals surface area contributed by atoms with Crippen LogP contribution in [0.25, 0.3) is 16.9 Å². The molecule has 2 N–H and O–H groups in total. The normalized spacial score (nSPS) is 15.9. The Morgan fingerprint density at radius 1 is 1.17 bits per heavy atom. The van der Waals surface area contributed by atoms with Gasteiger partial charge in [-0.25, -0.2) is 19.3 Å². The van der Waals surface area contributed by atoms with Crippen molar-refractivity contribution < 1.29 is 5.11 Å². The molecule has 0 amide bonds. The summed E-state index contributed by atoms with van der Waals surface area (Å²) in [6.07, 6.45) is 4.82. The third kappa shape index (κ3) is 4.40. The topological polar surface area (TPSA) is 101 Å². The van der Waals surface area contributed by atoms with Crippen LogP contribution < -0.4 is 10.9 Å². The number of nitrogens with zero attached hydrogens (tertiary/aromatic N) is 6. The van der Waals surface area contributed by atoms with Crippen LogP contribution in [0.2, 0.25) is 0 Å². The summed E-state index contributed by atoms with van der Waals surface area (Å²) in [7, 11) is 4.27. The number of nitrogens with one attached hydrogen (secondary N) is 1. The maximum Gasteiger partial charge on any atom is 0.278 e. The van der Waals surface area contributed by atoms with E-state index >= 15 is 0 Å². The number of aryl methyl sites for hydroxylation is 1. The number of likely N-dealkylation sites (N-methyl/N-ethyl adjacent to an activating group) is 1. The molecule has 1 unspecified atom stereocenters. The van der Waals surface area contributed by atoms with Crippen molar-refractivity contribution in [2.24, 2.45) is 0 Å². The van der Waals surface area contributed by atoms with E-state index in [9.17, 15) is 9.90 Å². The van der Waals surface area contributed by atoms with Gasteiger partial charge in [-0.05, 0) is 89.5 Å². The molecule has 4 aromatic rings. The maximum atomic E-state index is 13.1. The minimum Gasteiger partial charge on any atom is -0.384 e. The molecule has 1 aromatic carbocycles. The third-order valence-electron chi connectivity index (χ3n) is 6.95. The van der Waals surface area contributed by atoms with Crippen LogP contribution in [0, 0.1) is 0 Å². The summed E-state index contributed by atoms with van der Waals surface area (Å²) in [5.74, 6) is 0.916. The molecule has 0 spiro atoms. The van der Waals surface area contributed by atoms with E-state index in [0.29, 0.717) is 41.1 Å². The van der Waals surface area contributed by atoms with Crippen LogP contribution >= 0.6 is 0 Å². The standard InChI is InChI=1S/C27H33N7O2/c1-6-33-25(35)21-16-28-26(29-19-12-10-17-11-13-20(32(4)5)15-18(17)14-19)31-24(21)34(33)23-9-7-8-22(30-23)27(2,3)36/h7-10,12,14,16,20,36H,6,11,13,15H2,1-5H3,(H,28,29,31). The highest BCUT2D eigenvalue weighted by atomic mass is 16.3. The van der Waals surface area contributed by atoms with Gasteiger partial charge in [-0.3, -0.25) is 4.79 Å². The van der Waals surface area contributed by atoms with E-state index in [0.717, 1.165) is 18.5 Å². The van der Waals surface area contributed by atoms with Gasteiger partial charge in [-0.1, -0.05) is 12.1 Å². The molecule has 3 aromatic heterocycles. The fraction of sp³-hybridized carbons (Fsp3) is 0.407. The van der Waals surface area contributed by atoms with E-state index in [1.54, 1.807) is 41.5 Å². The average molecular weight is 488 g/mol. The molecule has 0 fully saturated rings. The SMILES string of the molecule is CCn1c(=O)c2cnc(Nc3ccc4c(c3)CC(N(C)C)CC4)nc2n1-c1cccc(C(C)(C)O)n1. The fourth-order valence-electron chi connectivity index (χ4n) is 4.87. The lowest BCUT2D eigenvalue weighted by molar-refractivity contribution is 0.0738. The lowest BCUT2D eigenvalue weighted by Crippen LogP contribution is -2.33. The van der Waals surface area contributed by atoms with Gasteiger partial charge in [-0.2, -0.15) is 4.98 Å². The van der Waals surface area contributed by atoms with Gasteiger partial charge in [0.15, 0.2) is 11.5 Å². The van der Waals surface area contributed by atoms with Crippen molar-refractivity contribution in [3.63, 3.8) is 0 Å². The highest BCUT2D eigenvalue weighted by Crippen LogP contribution is 2.28. The van der Waals surface area contributed by atoms with E-state index in [4.69, 9.17) is 4.98 Å². The second kappa shape index (κ2) is 9.15. The molecule has 188 valence electrons. The molecule has 9 heteroatoms. The number of benzene rings is 1. The van der Waals surface area contributed by atoms with Gasteiger partial charge in [0.1, 0.15) is 11.0 Å². The molecule has 5 rings (SSSR count). The first kappa shape index (κ1) is 24.1. The van der Waals surface area contributed by atoms with E-state index in [2.05, 4.69) is 52.5 Å². The Morgan fingerprint density at radius 3 is 2.69 bits per heavy atom. The van der Waals surface area contributed by atoms with Crippen LogP contribution in [0.1, 0.15) is 44.0 Å². The van der Waals surface area contributed by atoms with E-state index in [1.807, 2.05) is 13.0 Å². The van der Waals surface area contributed by atoms with Crippen molar-refractivity contribution in [2.75, 3.05) is 19.4 Å². The number of hydrogen-bond donors (Lipinski definition) is 2. The van der Waals surface area contributed by atoms with E-state index in [-0.39, 0.29) is 5.56 Å². The molecule has 0 bridgehead atoms. The van der Waals surface area contributed by atoms with Gasteiger partial charge in [0.05, 0.1) is 5.69 Å². The van der Waals surface area contributed by atoms with Gasteiger partial charge in [0.25, 0.3) is 5.56 Å². The molecule has 1 aliphatic carbocycles. The summed E-state index contributed by atoms with van der Waals surface area (Å²) in [5.41, 5.74) is 3.32. The Hall–Kier alpha value is -3.56. The molecule has 3 heterocycles. The van der Waals surface area contributed by atoms with Crippen LogP contribution in [-0.4, -0.2) is 54.5 Å². The predicted octanol–water partition coefficient (Wildman–Crippen LogP) is 3.39. The average Bonchev–Trinajstić information content (AvgIpc) is 3.14. The van der Waals surface area contributed by atoms with Crippen LogP contribution in [0.5, 0.6) is 0 Å². The summed E-state index contributed by atoms with van der Waals surface area (Å²) in [4.78, 5) is 29.2. The number of aromatic nitrogens is 5. The van der Waals surface area contributed by atoms with Crippen molar-refractivity contribution >= 4 is 22.7 Å². The lowest BCUT2D eigenvalue weighted by atomic mass is 9.87. The van der Waals surface area contributed by atoms with Crippen LogP contribution in [-0.2, 0) is 25.0 Å². The molecule has 36 heavy (non-hydrogen) atoms. The lowest BCUT2D eigenvalue weighted by Gasteiger charge is -2.30. The zero-order valence-corrected chi connectivity index (χ0v) is 21.5. The predicted molar refractivity (Wildman–Crippen MR) is 141 cm³/mol. The van der Waals surface area contributed by atoms with Crippen molar-refractivity contribution in [1.29, 1.82) is 0 Å². The first-order valence-corrected chi connectivity index (χ1v) is 12.4. The van der Waals surface area contributed by atoms with Crippen molar-refractivity contribution in [3.05, 3.63) is 69.8 Å². The number of fused-ring (bicyclic) bond motifs is 2. The smallest absolute Gasteiger partial charge is 0.278 e. The summed E-state index contributed by atoms with van der Waals surface area (Å²) < 4.78 is 3.29. The number of rotatable bonds is 6. The molecule has 0 saturated heterocycles. The Bertz CT molecular complexity index is 1480. The molecule has 0 radical (unpaired) electrons. The largest absolute Gasteiger partial charge is 0.384 e. The van der Waals surface area contributed by atoms with Crippen LogP contribution in [0.15, 0.2) is 47.4 Å². The second-order valence-corrected chi connectivity index (χ2v) is 10.2. The summed E-state index contributed by atoms with van der Waals surface area (Å²) in [6.45, 7) is 5.70. The first-order valence-electron chi connectivity index (χ1n) is 12.4. The number of anilines is 2. The molecule has 0 saturated carbocycles. The Balaban J connectivity index is 1.55. The van der Waals surface area contributed by atoms with Gasteiger partial charge < -0.3 is 15.3 Å². The highest BCUT2D eigenvalue weighted by molar-refractivity contribution is 5.77. The second-order valence-electron chi connectivity index (χ2n) is 10.2. The van der Waals surface area contributed by atoms with Crippen molar-refractivity contribution in [3.8, 4) is 5.82 Å². The molecular formula is C27H33N7O2. The highest BCUT2D eigenvalue weighted by Gasteiger charge is 2.23. The van der Waals surface area contributed by atoms with Crippen molar-refractivity contribution in [2.45, 2.75) is 58.2 Å². The minimum absolute atomic E-state index is 0.182. The quantitative estimate of drug-likeness (QED) is 0.430. The Labute approximate surface area is 210 Å². The summed E-state index contributed by atoms with van der Waals surface area (Å²) >= 11 is 0. The zero-order chi connectivity index (χ0) is 25.6. The Morgan fingerprint density at radius 2 is 1.97 bits per heavy atom. The van der Waals surface area contributed by atoms with Gasteiger partial charge in [-0.15, -0.1) is 0 Å². The molecule has 1 aliphatic rings. The molecule has 0 aliphatic heterocycles. The van der Waals surface area contributed by atoms with Crippen LogP contribution in [0.4, 0.5) is 11.6 Å². The summed E-state index contributed by atoms with van der Waals surface area (Å²) in [6, 6.07) is 12.3. The first-order chi connectivity index (χ1) is 17.2. The molecule has 9 nitrogen and oxygen atoms in total. The summed E-state index contributed by atoms with van der Waals surface area (Å²) in [5, 5.41) is 14.2. The zero-order valence-electron chi connectivity index (χ0n) is 21.5. The van der Waals surface area contributed by atoms with Crippen molar-refractivity contribution in [1.82, 2.24) is 29.2 Å². The molecular weight excluding hydrogens is 454 g/mol. The fourth-order valence-corrected chi connectivity index (χ4v) is 4.87. The van der Waals surface area contributed by atoms with E-state index < -0.39 is 5.60 Å². The monoisotopic (exact) mass is 487 g/mol. The molecule has 1 atom stereocenters. The van der Waals surface area contributed by atoms with E-state index in [1.165, 1.54) is 17.5 Å². The number of pyridine rings is 1. The Kier molecular flexibility index (Phi) is 6.13. The maximum absolute atomic E-state index is 13.1. The van der Waals surface area contributed by atoms with Gasteiger partial charge >= 0.3 is 0 Å². The number of aliphatic hydroxyl groups is 1. The number of hydrogen-bond acceptors (Lipinski definition) is 7.